The summed E-state index contributed by atoms with van der Waals surface area (Å²) in [5.74, 6) is 2.65. The minimum absolute atomic E-state index is 0. The van der Waals surface area contributed by atoms with E-state index < -0.39 is 10.8 Å². The molecule has 2 saturated heterocycles. The summed E-state index contributed by atoms with van der Waals surface area (Å²) in [5.41, 5.74) is 6.20. The highest BCUT2D eigenvalue weighted by atomic mass is 35.5. The van der Waals surface area contributed by atoms with E-state index in [1.807, 2.05) is 41.8 Å². The van der Waals surface area contributed by atoms with E-state index >= 15 is 0 Å². The van der Waals surface area contributed by atoms with Crippen LogP contribution in [0.1, 0.15) is 49.9 Å². The van der Waals surface area contributed by atoms with E-state index in [2.05, 4.69) is 105 Å². The first kappa shape index (κ1) is 48.1. The van der Waals surface area contributed by atoms with Gasteiger partial charge in [0.1, 0.15) is 11.6 Å². The summed E-state index contributed by atoms with van der Waals surface area (Å²) in [6.45, 7) is 18.5. The van der Waals surface area contributed by atoms with Gasteiger partial charge in [-0.3, -0.25) is 19.4 Å². The van der Waals surface area contributed by atoms with Crippen molar-refractivity contribution in [2.45, 2.75) is 51.4 Å². The monoisotopic (exact) mass is 930 g/mol. The average molecular weight is 932 g/mol. The van der Waals surface area contributed by atoms with Crippen LogP contribution in [0.5, 0.6) is 0 Å². The molecule has 0 radical (unpaired) electrons. The largest absolute Gasteiger partial charge is 0.412 e. The number of rotatable bonds is 8. The van der Waals surface area contributed by atoms with Crippen LogP contribution in [-0.2, 0) is 33.3 Å². The molecule has 10 rings (SSSR count). The van der Waals surface area contributed by atoms with E-state index in [-0.39, 0.29) is 42.1 Å². The van der Waals surface area contributed by atoms with Crippen LogP contribution in [0.25, 0.3) is 20.2 Å². The van der Waals surface area contributed by atoms with E-state index in [1.165, 1.54) is 31.3 Å². The van der Waals surface area contributed by atoms with Crippen LogP contribution in [0.4, 0.5) is 23.0 Å². The summed E-state index contributed by atoms with van der Waals surface area (Å²) in [5, 5.41) is 2.55. The molecule has 4 aliphatic heterocycles. The van der Waals surface area contributed by atoms with Crippen LogP contribution in [-0.4, -0.2) is 115 Å². The summed E-state index contributed by atoms with van der Waals surface area (Å²) >= 11 is 3.19. The molecule has 336 valence electrons. The lowest BCUT2D eigenvalue weighted by molar-refractivity contribution is -0.122. The fourth-order valence-corrected chi connectivity index (χ4v) is 11.1. The summed E-state index contributed by atoms with van der Waals surface area (Å²) in [6.07, 6.45) is 2.03. The molecule has 11 nitrogen and oxygen atoms in total. The molecule has 2 aromatic heterocycles. The van der Waals surface area contributed by atoms with Crippen LogP contribution in [0, 0.1) is 0 Å². The average Bonchev–Trinajstić information content (AvgIpc) is 3.99. The Balaban J connectivity index is 0.000000200. The van der Waals surface area contributed by atoms with Crippen molar-refractivity contribution < 1.29 is 15.1 Å². The fourth-order valence-electron chi connectivity index (χ4n) is 9.49. The van der Waals surface area contributed by atoms with Crippen molar-refractivity contribution in [1.82, 2.24) is 18.5 Å². The first-order chi connectivity index (χ1) is 28.9. The minimum atomic E-state index is -0.429. The number of fused-ring (bicyclic) bond motifs is 4. The van der Waals surface area contributed by atoms with Gasteiger partial charge in [-0.1, -0.05) is 48.5 Å². The Labute approximate surface area is 392 Å². The van der Waals surface area contributed by atoms with E-state index in [0.717, 1.165) is 112 Å². The Kier molecular flexibility index (Phi) is 14.8. The topological polar surface area (TPSA) is 111 Å². The summed E-state index contributed by atoms with van der Waals surface area (Å²) in [7, 11) is 3.75. The molecule has 0 unspecified atom stereocenters. The van der Waals surface area contributed by atoms with Gasteiger partial charge in [0.05, 0.1) is 20.2 Å². The minimum Gasteiger partial charge on any atom is -0.412 e. The molecule has 15 heteroatoms. The Hall–Kier alpha value is -4.34. The molecule has 0 bridgehead atoms. The molecule has 0 spiro atoms. The summed E-state index contributed by atoms with van der Waals surface area (Å²) in [4.78, 5) is 38.6. The first-order valence-corrected chi connectivity index (χ1v) is 22.9. The first-order valence-electron chi connectivity index (χ1n) is 21.4. The quantitative estimate of drug-likeness (QED) is 0.152. The third kappa shape index (κ3) is 9.16. The highest BCUT2D eigenvalue weighted by Gasteiger charge is 2.43. The number of hydrogen-bond donors (Lipinski definition) is 0. The zero-order valence-corrected chi connectivity index (χ0v) is 40.4. The van der Waals surface area contributed by atoms with Crippen LogP contribution in [0.2, 0.25) is 0 Å². The number of piperazine rings is 2. The third-order valence-electron chi connectivity index (χ3n) is 13.4. The van der Waals surface area contributed by atoms with Gasteiger partial charge in [-0.25, -0.2) is 0 Å². The lowest BCUT2D eigenvalue weighted by atomic mass is 9.85. The maximum absolute atomic E-state index is 12.5. The molecule has 2 N–H and O–H groups in total. The Bertz CT molecular complexity index is 2390. The van der Waals surface area contributed by atoms with Crippen molar-refractivity contribution in [1.29, 1.82) is 0 Å². The Morgan fingerprint density at radius 2 is 0.905 bits per heavy atom. The molecule has 63 heavy (non-hydrogen) atoms. The maximum atomic E-state index is 12.5. The van der Waals surface area contributed by atoms with Crippen molar-refractivity contribution >= 4 is 103 Å². The van der Waals surface area contributed by atoms with Gasteiger partial charge in [0, 0.05) is 102 Å². The normalized spacial score (nSPS) is 18.1. The maximum Gasteiger partial charge on any atom is 0.236 e. The lowest BCUT2D eigenvalue weighted by Gasteiger charge is -2.35. The number of likely N-dealkylation sites (N-methyl/N-ethyl adjacent to an activating group) is 2. The zero-order chi connectivity index (χ0) is 41.8. The second kappa shape index (κ2) is 19.4. The summed E-state index contributed by atoms with van der Waals surface area (Å²) < 4.78 is 12.0. The SMILES string of the molecule is CN1C(=O)C(C)(C)c2cc(CCN3CCN(c4nsc5ccccc45)CC3)ccc21.CN1C(=O)C(C)(C)c2cc(CCN3CCN(c4nsc5ccccc45)CC3)ccc21.Cl.Cl.O. The van der Waals surface area contributed by atoms with Gasteiger partial charge in [0.2, 0.25) is 11.8 Å². The molecule has 0 saturated carbocycles. The number of hydrogen-bond acceptors (Lipinski definition) is 10. The number of amides is 2. The van der Waals surface area contributed by atoms with E-state index in [0.29, 0.717) is 0 Å². The van der Waals surface area contributed by atoms with Crippen molar-refractivity contribution in [3.05, 3.63) is 107 Å². The van der Waals surface area contributed by atoms with E-state index in [1.54, 1.807) is 32.9 Å². The smallest absolute Gasteiger partial charge is 0.236 e. The highest BCUT2D eigenvalue weighted by molar-refractivity contribution is 7.14. The molecule has 0 aliphatic carbocycles. The zero-order valence-electron chi connectivity index (χ0n) is 37.1. The van der Waals surface area contributed by atoms with Gasteiger partial charge in [0.25, 0.3) is 0 Å². The van der Waals surface area contributed by atoms with E-state index in [4.69, 9.17) is 8.75 Å². The molecule has 4 aliphatic rings. The molecule has 0 atom stereocenters. The third-order valence-corrected chi connectivity index (χ3v) is 15.0. The molecule has 2 fully saturated rings. The number of aromatic nitrogens is 2. The Morgan fingerprint density at radius 3 is 1.29 bits per heavy atom. The number of carbonyl (C=O) groups excluding carboxylic acids is 2. The number of carbonyl (C=O) groups is 2. The van der Waals surface area contributed by atoms with Gasteiger partial charge < -0.3 is 25.1 Å². The molecular formula is C48H60Cl2N8O3S2. The van der Waals surface area contributed by atoms with Crippen molar-refractivity contribution in [2.24, 2.45) is 0 Å². The standard InChI is InChI=1S/2C24H28N4OS.2ClH.H2O/c2*1-24(2)19-16-17(8-9-20(19)26(3)23(24)29)10-11-27-12-14-28(15-13-27)22-18-6-4-5-7-21(18)30-25-22;;;/h2*4-9,16H,10-15H2,1-3H3;2*1H;1H2. The Morgan fingerprint density at radius 1 is 0.540 bits per heavy atom. The van der Waals surface area contributed by atoms with Gasteiger partial charge in [-0.2, -0.15) is 8.75 Å². The van der Waals surface area contributed by atoms with Crippen molar-refractivity contribution in [3.63, 3.8) is 0 Å². The van der Waals surface area contributed by atoms with Crippen molar-refractivity contribution in [2.75, 3.05) is 99.1 Å². The predicted octanol–water partition coefficient (Wildman–Crippen LogP) is 7.85. The van der Waals surface area contributed by atoms with E-state index in [9.17, 15) is 9.59 Å². The van der Waals surface area contributed by atoms with Gasteiger partial charge in [0.15, 0.2) is 0 Å². The van der Waals surface area contributed by atoms with Crippen LogP contribution in [0.3, 0.4) is 0 Å². The number of anilines is 4. The van der Waals surface area contributed by atoms with Crippen LogP contribution in [0.15, 0.2) is 84.9 Å². The molecule has 6 aromatic rings. The predicted molar refractivity (Wildman–Crippen MR) is 268 cm³/mol. The molecule has 4 aromatic carbocycles. The van der Waals surface area contributed by atoms with Gasteiger partial charge in [-0.15, -0.1) is 24.8 Å². The van der Waals surface area contributed by atoms with Gasteiger partial charge >= 0.3 is 0 Å². The van der Waals surface area contributed by atoms with Crippen LogP contribution >= 0.6 is 47.9 Å². The molecular weight excluding hydrogens is 872 g/mol. The number of nitrogens with zero attached hydrogens (tertiary/aromatic N) is 8. The van der Waals surface area contributed by atoms with Gasteiger partial charge in [-0.05, 0) is 122 Å². The lowest BCUT2D eigenvalue weighted by Crippen LogP contribution is -2.47. The fraction of sp³-hybridized carbons (Fsp3) is 0.417. The molecule has 6 heterocycles. The van der Waals surface area contributed by atoms with Crippen molar-refractivity contribution in [3.8, 4) is 0 Å². The van der Waals surface area contributed by atoms with Crippen LogP contribution < -0.4 is 19.6 Å². The summed E-state index contributed by atoms with van der Waals surface area (Å²) in [6, 6.07) is 30.1. The second-order valence-electron chi connectivity index (χ2n) is 17.8. The molecule has 2 amide bonds. The number of halogens is 2. The highest BCUT2D eigenvalue weighted by Crippen LogP contribution is 2.42. The number of benzene rings is 4. The second-order valence-corrected chi connectivity index (χ2v) is 19.5.